The van der Waals surface area contributed by atoms with Crippen LogP contribution >= 0.6 is 12.4 Å². The number of sulfone groups is 1. The lowest BCUT2D eigenvalue weighted by molar-refractivity contribution is -0.119. The molecule has 0 atom stereocenters. The Morgan fingerprint density at radius 3 is 2.40 bits per heavy atom. The number of nitrogens with one attached hydrogen (secondary N) is 2. The first kappa shape index (κ1) is 21.5. The van der Waals surface area contributed by atoms with Gasteiger partial charge in [0.2, 0.25) is 5.91 Å². The van der Waals surface area contributed by atoms with Gasteiger partial charge in [-0.15, -0.1) is 12.4 Å². The van der Waals surface area contributed by atoms with E-state index in [0.717, 1.165) is 24.5 Å². The summed E-state index contributed by atoms with van der Waals surface area (Å²) in [5, 5.41) is 5.32. The first-order chi connectivity index (χ1) is 11.2. The van der Waals surface area contributed by atoms with Crippen molar-refractivity contribution < 1.29 is 31.1 Å². The van der Waals surface area contributed by atoms with Gasteiger partial charge >= 0.3 is 6.61 Å². The van der Waals surface area contributed by atoms with Gasteiger partial charge in [0.15, 0.2) is 26.2 Å². The Balaban J connectivity index is 0.00000312. The first-order valence-electron chi connectivity index (χ1n) is 7.12. The Hall–Kier alpha value is -1.52. The Labute approximate surface area is 149 Å². The molecule has 1 aliphatic heterocycles. The summed E-state index contributed by atoms with van der Waals surface area (Å²) in [6, 6.07) is 2.90. The molecule has 0 radical (unpaired) electrons. The van der Waals surface area contributed by atoms with Crippen molar-refractivity contribution in [3.05, 3.63) is 24.0 Å². The summed E-state index contributed by atoms with van der Waals surface area (Å²) in [5.74, 6) is -2.53. The second-order valence-electron chi connectivity index (χ2n) is 5.49. The van der Waals surface area contributed by atoms with Crippen molar-refractivity contribution in [3.63, 3.8) is 0 Å². The molecule has 25 heavy (non-hydrogen) atoms. The van der Waals surface area contributed by atoms with E-state index >= 15 is 0 Å². The first-order valence-corrected chi connectivity index (χ1v) is 9.01. The number of carbonyl (C=O) groups is 1. The second kappa shape index (κ2) is 8.24. The van der Waals surface area contributed by atoms with Crippen molar-refractivity contribution in [2.75, 3.05) is 24.7 Å². The van der Waals surface area contributed by atoms with Crippen molar-refractivity contribution in [2.45, 2.75) is 24.2 Å². The van der Waals surface area contributed by atoms with Crippen molar-refractivity contribution in [2.24, 2.45) is 0 Å². The van der Waals surface area contributed by atoms with Gasteiger partial charge in [-0.25, -0.2) is 12.8 Å². The molecule has 1 saturated heterocycles. The molecule has 2 N–H and O–H groups in total. The molecule has 142 valence electrons. The third-order valence-electron chi connectivity index (χ3n) is 3.94. The molecule has 0 spiro atoms. The molecule has 1 fully saturated rings. The van der Waals surface area contributed by atoms with Crippen LogP contribution < -0.4 is 15.4 Å². The van der Waals surface area contributed by atoms with Gasteiger partial charge in [0.1, 0.15) is 0 Å². The molecule has 0 unspecified atom stereocenters. The summed E-state index contributed by atoms with van der Waals surface area (Å²) < 4.78 is 64.5. The number of rotatable bonds is 5. The lowest BCUT2D eigenvalue weighted by atomic mass is 9.95. The maximum Gasteiger partial charge on any atom is 0.387 e. The van der Waals surface area contributed by atoms with Gasteiger partial charge in [0.05, 0.1) is 0 Å². The summed E-state index contributed by atoms with van der Waals surface area (Å²) >= 11 is 0. The normalized spacial score (nSPS) is 16.8. The highest BCUT2D eigenvalue weighted by molar-refractivity contribution is 7.92. The molecule has 6 nitrogen and oxygen atoms in total. The van der Waals surface area contributed by atoms with E-state index < -0.39 is 38.7 Å². The number of halogens is 4. The van der Waals surface area contributed by atoms with Gasteiger partial charge < -0.3 is 15.4 Å². The number of alkyl halides is 2. The summed E-state index contributed by atoms with van der Waals surface area (Å²) in [5.41, 5.74) is -0.0410. The average Bonchev–Trinajstić information content (AvgIpc) is 2.49. The number of amides is 1. The van der Waals surface area contributed by atoms with Crippen molar-refractivity contribution in [3.8, 4) is 5.75 Å². The van der Waals surface area contributed by atoms with Crippen molar-refractivity contribution in [1.82, 2.24) is 5.32 Å². The third-order valence-corrected chi connectivity index (χ3v) is 5.95. The van der Waals surface area contributed by atoms with Gasteiger partial charge in [-0.1, -0.05) is 0 Å². The van der Waals surface area contributed by atoms with Crippen LogP contribution in [0.4, 0.5) is 18.9 Å². The predicted molar refractivity (Wildman–Crippen MR) is 88.6 cm³/mol. The number of benzene rings is 1. The minimum Gasteiger partial charge on any atom is -0.432 e. The third kappa shape index (κ3) is 4.77. The molecule has 11 heteroatoms. The number of ether oxygens (including phenoxy) is 1. The zero-order valence-corrected chi connectivity index (χ0v) is 14.9. The summed E-state index contributed by atoms with van der Waals surface area (Å²) in [4.78, 5) is 12.5. The van der Waals surface area contributed by atoms with E-state index in [1.165, 1.54) is 0 Å². The van der Waals surface area contributed by atoms with E-state index in [9.17, 15) is 26.4 Å². The summed E-state index contributed by atoms with van der Waals surface area (Å²) in [6.07, 6.45) is 1.16. The zero-order valence-electron chi connectivity index (χ0n) is 13.2. The highest BCUT2D eigenvalue weighted by Gasteiger charge is 2.48. The minimum atomic E-state index is -3.71. The fourth-order valence-corrected chi connectivity index (χ4v) is 3.95. The second-order valence-corrected chi connectivity index (χ2v) is 7.82. The van der Waals surface area contributed by atoms with E-state index in [0.29, 0.717) is 13.1 Å². The topological polar surface area (TPSA) is 84.5 Å². The highest BCUT2D eigenvalue weighted by atomic mass is 35.5. The maximum absolute atomic E-state index is 13.7. The number of piperidine rings is 1. The largest absolute Gasteiger partial charge is 0.432 e. The average molecular weight is 403 g/mol. The Bertz CT molecular complexity index is 725. The van der Waals surface area contributed by atoms with Crippen LogP contribution in [0.5, 0.6) is 5.75 Å². The molecular weight excluding hydrogens is 385 g/mol. The molecular formula is C14H18ClF3N2O4S. The zero-order chi connectivity index (χ0) is 18.0. The highest BCUT2D eigenvalue weighted by Crippen LogP contribution is 2.30. The molecule has 1 aromatic carbocycles. The molecule has 0 saturated carbocycles. The van der Waals surface area contributed by atoms with Crippen LogP contribution in [-0.2, 0) is 14.6 Å². The fourth-order valence-electron chi connectivity index (χ4n) is 2.61. The lowest BCUT2D eigenvalue weighted by Crippen LogP contribution is -2.55. The maximum atomic E-state index is 13.7. The Morgan fingerprint density at radius 2 is 1.92 bits per heavy atom. The lowest BCUT2D eigenvalue weighted by Gasteiger charge is -2.34. The molecule has 2 rings (SSSR count). The number of hydrogen-bond acceptors (Lipinski definition) is 5. The molecule has 1 aliphatic rings. The summed E-state index contributed by atoms with van der Waals surface area (Å²) in [6.45, 7) is -2.46. The molecule has 0 bridgehead atoms. The van der Waals surface area contributed by atoms with E-state index in [1.54, 1.807) is 0 Å². The van der Waals surface area contributed by atoms with E-state index in [-0.39, 0.29) is 30.9 Å². The Morgan fingerprint density at radius 1 is 1.32 bits per heavy atom. The van der Waals surface area contributed by atoms with Crippen LogP contribution in [0.2, 0.25) is 0 Å². The van der Waals surface area contributed by atoms with Crippen LogP contribution in [0, 0.1) is 5.82 Å². The fraction of sp³-hybridized carbons (Fsp3) is 0.500. The standard InChI is InChI=1S/C14H17F3N2O4S.ClH/c1-24(21,22)14(4-6-18-7-5-14)12(20)19-9-2-3-11(10(15)8-9)23-13(16)17;/h2-3,8,13,18H,4-7H2,1H3,(H,19,20);1H. The molecule has 1 heterocycles. The number of hydrogen-bond donors (Lipinski definition) is 2. The number of anilines is 1. The van der Waals surface area contributed by atoms with Gasteiger partial charge in [-0.3, -0.25) is 4.79 Å². The molecule has 1 amide bonds. The number of carbonyl (C=O) groups excluding carboxylic acids is 1. The van der Waals surface area contributed by atoms with Gasteiger partial charge in [0, 0.05) is 18.0 Å². The molecule has 1 aromatic rings. The van der Waals surface area contributed by atoms with Crippen LogP contribution in [0.15, 0.2) is 18.2 Å². The van der Waals surface area contributed by atoms with Gasteiger partial charge in [-0.05, 0) is 38.1 Å². The van der Waals surface area contributed by atoms with E-state index in [1.807, 2.05) is 0 Å². The predicted octanol–water partition coefficient (Wildman–Crippen LogP) is 1.95. The quantitative estimate of drug-likeness (QED) is 0.786. The van der Waals surface area contributed by atoms with E-state index in [2.05, 4.69) is 15.4 Å². The van der Waals surface area contributed by atoms with Crippen LogP contribution in [0.3, 0.4) is 0 Å². The minimum absolute atomic E-state index is 0. The monoisotopic (exact) mass is 402 g/mol. The van der Waals surface area contributed by atoms with Gasteiger partial charge in [-0.2, -0.15) is 8.78 Å². The van der Waals surface area contributed by atoms with E-state index in [4.69, 9.17) is 0 Å². The summed E-state index contributed by atoms with van der Waals surface area (Å²) in [7, 11) is -3.71. The molecule has 0 aromatic heterocycles. The SMILES string of the molecule is CS(=O)(=O)C1(C(=O)Nc2ccc(OC(F)F)c(F)c2)CCNCC1.Cl. The van der Waals surface area contributed by atoms with Crippen LogP contribution in [0.25, 0.3) is 0 Å². The Kier molecular flexibility index (Phi) is 7.09. The smallest absolute Gasteiger partial charge is 0.387 e. The van der Waals surface area contributed by atoms with Crippen molar-refractivity contribution in [1.29, 1.82) is 0 Å². The van der Waals surface area contributed by atoms with Gasteiger partial charge in [0.25, 0.3) is 0 Å². The van der Waals surface area contributed by atoms with Crippen molar-refractivity contribution >= 4 is 33.8 Å². The van der Waals surface area contributed by atoms with Crippen LogP contribution in [-0.4, -0.2) is 45.0 Å². The molecule has 0 aliphatic carbocycles. The van der Waals surface area contributed by atoms with Crippen LogP contribution in [0.1, 0.15) is 12.8 Å².